The molecule has 0 aliphatic carbocycles. The van der Waals surface area contributed by atoms with Gasteiger partial charge in [0.2, 0.25) is 5.91 Å². The fourth-order valence-electron chi connectivity index (χ4n) is 1.69. The minimum atomic E-state index is 0.0445. The zero-order chi connectivity index (χ0) is 14.1. The summed E-state index contributed by atoms with van der Waals surface area (Å²) >= 11 is 0. The van der Waals surface area contributed by atoms with E-state index in [4.69, 9.17) is 10.5 Å². The number of methoxy groups -OCH3 is 1. The van der Waals surface area contributed by atoms with Gasteiger partial charge in [-0.15, -0.1) is 0 Å². The standard InChI is InChI=1S/C14H23N3O2/c1-12(15)6-7-14(18)17(9-10-19-2)11-13-5-3-4-8-16-13/h3-5,8,12H,6-7,9-11,15H2,1-2H3. The molecule has 0 spiro atoms. The van der Waals surface area contributed by atoms with Crippen molar-refractivity contribution in [2.75, 3.05) is 20.3 Å². The number of rotatable bonds is 8. The first kappa shape index (κ1) is 15.6. The second-order valence-corrected chi connectivity index (χ2v) is 4.65. The predicted octanol–water partition coefficient (Wildman–Crippen LogP) is 1.18. The highest BCUT2D eigenvalue weighted by atomic mass is 16.5. The molecule has 2 N–H and O–H groups in total. The maximum Gasteiger partial charge on any atom is 0.223 e. The molecule has 0 fully saturated rings. The van der Waals surface area contributed by atoms with Crippen LogP contribution in [-0.4, -0.2) is 42.1 Å². The third-order valence-electron chi connectivity index (χ3n) is 2.81. The highest BCUT2D eigenvalue weighted by Gasteiger charge is 2.14. The maximum absolute atomic E-state index is 12.1. The lowest BCUT2D eigenvalue weighted by Gasteiger charge is -2.22. The van der Waals surface area contributed by atoms with Gasteiger partial charge in [0.25, 0.3) is 0 Å². The summed E-state index contributed by atoms with van der Waals surface area (Å²) < 4.78 is 5.05. The summed E-state index contributed by atoms with van der Waals surface area (Å²) in [5.74, 6) is 0.0972. The minimum absolute atomic E-state index is 0.0445. The molecule has 0 radical (unpaired) electrons. The number of nitrogens with two attached hydrogens (primary N) is 1. The van der Waals surface area contributed by atoms with Crippen LogP contribution >= 0.6 is 0 Å². The van der Waals surface area contributed by atoms with E-state index >= 15 is 0 Å². The van der Waals surface area contributed by atoms with Crippen LogP contribution in [-0.2, 0) is 16.1 Å². The molecule has 0 aromatic carbocycles. The Morgan fingerprint density at radius 3 is 2.89 bits per heavy atom. The lowest BCUT2D eigenvalue weighted by Crippen LogP contribution is -2.34. The Labute approximate surface area is 114 Å². The van der Waals surface area contributed by atoms with E-state index in [2.05, 4.69) is 4.98 Å². The van der Waals surface area contributed by atoms with Crippen LogP contribution in [0.25, 0.3) is 0 Å². The fourth-order valence-corrected chi connectivity index (χ4v) is 1.69. The van der Waals surface area contributed by atoms with Gasteiger partial charge < -0.3 is 15.4 Å². The van der Waals surface area contributed by atoms with E-state index in [0.717, 1.165) is 5.69 Å². The van der Waals surface area contributed by atoms with E-state index in [-0.39, 0.29) is 11.9 Å². The number of carbonyl (C=O) groups excluding carboxylic acids is 1. The Kier molecular flexibility index (Phi) is 7.07. The van der Waals surface area contributed by atoms with Gasteiger partial charge >= 0.3 is 0 Å². The van der Waals surface area contributed by atoms with Crippen LogP contribution in [0.3, 0.4) is 0 Å². The second kappa shape index (κ2) is 8.61. The van der Waals surface area contributed by atoms with Crippen molar-refractivity contribution in [2.24, 2.45) is 5.73 Å². The third kappa shape index (κ3) is 6.31. The van der Waals surface area contributed by atoms with Crippen LogP contribution in [0.4, 0.5) is 0 Å². The van der Waals surface area contributed by atoms with Crippen molar-refractivity contribution in [1.29, 1.82) is 0 Å². The summed E-state index contributed by atoms with van der Waals surface area (Å²) in [6, 6.07) is 5.74. The predicted molar refractivity (Wildman–Crippen MR) is 74.4 cm³/mol. The molecule has 0 saturated carbocycles. The van der Waals surface area contributed by atoms with Crippen LogP contribution in [0.15, 0.2) is 24.4 Å². The van der Waals surface area contributed by atoms with E-state index in [1.165, 1.54) is 0 Å². The van der Waals surface area contributed by atoms with Gasteiger partial charge in [0.05, 0.1) is 18.8 Å². The molecule has 19 heavy (non-hydrogen) atoms. The molecule has 1 aromatic rings. The Hall–Kier alpha value is -1.46. The van der Waals surface area contributed by atoms with Gasteiger partial charge in [-0.05, 0) is 25.5 Å². The molecular weight excluding hydrogens is 242 g/mol. The van der Waals surface area contributed by atoms with E-state index < -0.39 is 0 Å². The normalized spacial score (nSPS) is 12.2. The SMILES string of the molecule is COCCN(Cc1ccccn1)C(=O)CCC(C)N. The zero-order valence-corrected chi connectivity index (χ0v) is 11.7. The van der Waals surface area contributed by atoms with Crippen LogP contribution < -0.4 is 5.73 Å². The van der Waals surface area contributed by atoms with Crippen molar-refractivity contribution in [1.82, 2.24) is 9.88 Å². The van der Waals surface area contributed by atoms with E-state index in [1.54, 1.807) is 18.2 Å². The highest BCUT2D eigenvalue weighted by Crippen LogP contribution is 2.06. The molecule has 1 atom stereocenters. The Morgan fingerprint density at radius 1 is 1.53 bits per heavy atom. The number of hydrogen-bond acceptors (Lipinski definition) is 4. The second-order valence-electron chi connectivity index (χ2n) is 4.65. The van der Waals surface area contributed by atoms with Gasteiger partial charge in [-0.1, -0.05) is 6.07 Å². The van der Waals surface area contributed by atoms with Crippen molar-refractivity contribution < 1.29 is 9.53 Å². The van der Waals surface area contributed by atoms with Gasteiger partial charge in [-0.25, -0.2) is 0 Å². The smallest absolute Gasteiger partial charge is 0.223 e. The van der Waals surface area contributed by atoms with Crippen molar-refractivity contribution in [3.63, 3.8) is 0 Å². The lowest BCUT2D eigenvalue weighted by molar-refractivity contribution is -0.132. The highest BCUT2D eigenvalue weighted by molar-refractivity contribution is 5.76. The number of aromatic nitrogens is 1. The summed E-state index contributed by atoms with van der Waals surface area (Å²) in [6.45, 7) is 3.52. The summed E-state index contributed by atoms with van der Waals surface area (Å²) in [5.41, 5.74) is 6.57. The lowest BCUT2D eigenvalue weighted by atomic mass is 10.2. The summed E-state index contributed by atoms with van der Waals surface area (Å²) in [5, 5.41) is 0. The third-order valence-corrected chi connectivity index (χ3v) is 2.81. The molecule has 1 heterocycles. The van der Waals surface area contributed by atoms with E-state index in [9.17, 15) is 4.79 Å². The van der Waals surface area contributed by atoms with Gasteiger partial charge in [-0.2, -0.15) is 0 Å². The number of amides is 1. The Balaban J connectivity index is 2.57. The quantitative estimate of drug-likeness (QED) is 0.766. The summed E-state index contributed by atoms with van der Waals surface area (Å²) in [4.78, 5) is 18.2. The first-order chi connectivity index (χ1) is 9.13. The molecule has 5 nitrogen and oxygen atoms in total. The van der Waals surface area contributed by atoms with Crippen LogP contribution in [0, 0.1) is 0 Å². The van der Waals surface area contributed by atoms with Crippen LogP contribution in [0.2, 0.25) is 0 Å². The number of carbonyl (C=O) groups is 1. The average Bonchev–Trinajstić information content (AvgIpc) is 2.41. The number of nitrogens with zero attached hydrogens (tertiary/aromatic N) is 2. The summed E-state index contributed by atoms with van der Waals surface area (Å²) in [6.07, 6.45) is 2.90. The molecule has 1 amide bonds. The van der Waals surface area contributed by atoms with Crippen molar-refractivity contribution in [3.05, 3.63) is 30.1 Å². The molecule has 0 aliphatic rings. The molecule has 0 saturated heterocycles. The molecule has 1 rings (SSSR count). The molecule has 0 bridgehead atoms. The molecule has 0 aliphatic heterocycles. The van der Waals surface area contributed by atoms with Gasteiger partial charge in [0.1, 0.15) is 0 Å². The molecular formula is C14H23N3O2. The van der Waals surface area contributed by atoms with Crippen LogP contribution in [0.5, 0.6) is 0 Å². The Morgan fingerprint density at radius 2 is 2.32 bits per heavy atom. The first-order valence-electron chi connectivity index (χ1n) is 6.55. The van der Waals surface area contributed by atoms with E-state index in [1.807, 2.05) is 25.1 Å². The minimum Gasteiger partial charge on any atom is -0.383 e. The number of hydrogen-bond donors (Lipinski definition) is 1. The number of pyridine rings is 1. The maximum atomic E-state index is 12.1. The monoisotopic (exact) mass is 265 g/mol. The van der Waals surface area contributed by atoms with Crippen molar-refractivity contribution in [3.8, 4) is 0 Å². The molecule has 5 heteroatoms. The molecule has 1 unspecified atom stereocenters. The molecule has 106 valence electrons. The Bertz CT molecular complexity index is 368. The topological polar surface area (TPSA) is 68.5 Å². The van der Waals surface area contributed by atoms with Crippen LogP contribution in [0.1, 0.15) is 25.5 Å². The van der Waals surface area contributed by atoms with E-state index in [0.29, 0.717) is 32.5 Å². The van der Waals surface area contributed by atoms with Crippen molar-refractivity contribution >= 4 is 5.91 Å². The summed E-state index contributed by atoms with van der Waals surface area (Å²) in [7, 11) is 1.63. The average molecular weight is 265 g/mol. The largest absolute Gasteiger partial charge is 0.383 e. The van der Waals surface area contributed by atoms with Gasteiger partial charge in [0, 0.05) is 32.3 Å². The number of ether oxygens (including phenoxy) is 1. The fraction of sp³-hybridized carbons (Fsp3) is 0.571. The van der Waals surface area contributed by atoms with Gasteiger partial charge in [0.15, 0.2) is 0 Å². The molecule has 1 aromatic heterocycles. The van der Waals surface area contributed by atoms with Crippen molar-refractivity contribution in [2.45, 2.75) is 32.4 Å². The zero-order valence-electron chi connectivity index (χ0n) is 11.7. The van der Waals surface area contributed by atoms with Gasteiger partial charge in [-0.3, -0.25) is 9.78 Å². The first-order valence-corrected chi connectivity index (χ1v) is 6.55.